The zero-order valence-corrected chi connectivity index (χ0v) is 29.1. The number of halogens is 5. The molecule has 0 bridgehead atoms. The van der Waals surface area contributed by atoms with Gasteiger partial charge in [0.1, 0.15) is 39.3 Å². The van der Waals surface area contributed by atoms with Gasteiger partial charge in [0, 0.05) is 28.5 Å². The first kappa shape index (κ1) is 37.4. The number of carbonyl (C=O) groups is 2. The van der Waals surface area contributed by atoms with E-state index in [-0.39, 0.29) is 47.4 Å². The molecule has 0 saturated carbocycles. The van der Waals surface area contributed by atoms with Gasteiger partial charge in [0.05, 0.1) is 39.7 Å². The molecule has 53 heavy (non-hydrogen) atoms. The standard InChI is InChI=1S/C35H32F5N5O7S/c1-19-13-24-28(35(38,39)40)52-33(43-29(46)20-7-5-4-6-8-20)44-34(24,18-50-19)31-42-27(17-53-31)45(16-21-9-10-22(48-2)14-26(21)49-3)30(47)25-12-11-23(15-41-25)51-32(36)37/h4-12,14-15,17,19,24,28,32H,13,16,18H2,1-3H3,(H,43,44,46)/t19-,24-,28-,34-/m0/s1. The number of amidine groups is 1. The molecule has 2 aliphatic heterocycles. The van der Waals surface area contributed by atoms with E-state index in [1.165, 1.54) is 42.7 Å². The Bertz CT molecular complexity index is 1960. The molecule has 0 spiro atoms. The molecule has 4 atom stereocenters. The number of pyridine rings is 1. The maximum atomic E-state index is 14.8. The van der Waals surface area contributed by atoms with Gasteiger partial charge in [-0.1, -0.05) is 18.2 Å². The number of hydrogen-bond donors (Lipinski definition) is 1. The average Bonchev–Trinajstić information content (AvgIpc) is 3.64. The molecule has 6 rings (SSSR count). The van der Waals surface area contributed by atoms with Crippen molar-refractivity contribution in [1.29, 1.82) is 0 Å². The molecule has 0 unspecified atom stereocenters. The lowest BCUT2D eigenvalue weighted by atomic mass is 9.75. The predicted octanol–water partition coefficient (Wildman–Crippen LogP) is 6.37. The summed E-state index contributed by atoms with van der Waals surface area (Å²) in [4.78, 5) is 41.6. The molecule has 0 radical (unpaired) electrons. The quantitative estimate of drug-likeness (QED) is 0.183. The van der Waals surface area contributed by atoms with Crippen LogP contribution in [0.5, 0.6) is 17.2 Å². The van der Waals surface area contributed by atoms with Crippen molar-refractivity contribution in [3.8, 4) is 17.2 Å². The van der Waals surface area contributed by atoms with Crippen LogP contribution in [0.3, 0.4) is 0 Å². The first-order chi connectivity index (χ1) is 25.3. The number of anilines is 1. The molecule has 4 heterocycles. The molecule has 4 aromatic rings. The topological polar surface area (TPSA) is 134 Å². The molecule has 2 amide bonds. The normalized spacial score (nSPS) is 21.2. The van der Waals surface area contributed by atoms with Crippen LogP contribution in [0.15, 0.2) is 77.2 Å². The van der Waals surface area contributed by atoms with E-state index in [1.807, 2.05) is 0 Å². The van der Waals surface area contributed by atoms with Gasteiger partial charge in [-0.3, -0.25) is 19.8 Å². The van der Waals surface area contributed by atoms with Gasteiger partial charge in [-0.2, -0.15) is 22.0 Å². The van der Waals surface area contributed by atoms with Gasteiger partial charge in [0.25, 0.3) is 17.8 Å². The molecule has 280 valence electrons. The largest absolute Gasteiger partial charge is 0.497 e. The number of carbonyl (C=O) groups excluding carboxylic acids is 2. The van der Waals surface area contributed by atoms with Crippen LogP contribution in [0.4, 0.5) is 27.8 Å². The highest BCUT2D eigenvalue weighted by atomic mass is 32.1. The minimum atomic E-state index is -4.88. The van der Waals surface area contributed by atoms with Gasteiger partial charge < -0.3 is 23.7 Å². The lowest BCUT2D eigenvalue weighted by Crippen LogP contribution is -2.60. The Morgan fingerprint density at radius 3 is 2.49 bits per heavy atom. The summed E-state index contributed by atoms with van der Waals surface area (Å²) in [6, 6.07) is 14.4. The Balaban J connectivity index is 1.43. The first-order valence-electron chi connectivity index (χ1n) is 16.0. The number of ether oxygens (including phenoxy) is 5. The number of benzene rings is 2. The molecule has 2 aromatic heterocycles. The third kappa shape index (κ3) is 8.02. The van der Waals surface area contributed by atoms with Crippen molar-refractivity contribution in [3.63, 3.8) is 0 Å². The molecule has 2 aromatic carbocycles. The third-order valence-electron chi connectivity index (χ3n) is 8.66. The molecule has 0 aliphatic carbocycles. The SMILES string of the molecule is COc1ccc(CN(C(=O)c2ccc(OC(F)F)cn2)c2csc([C@]34CO[C@@H](C)C[C@H]3[C@@H](C(F)(F)F)OC(NC(=O)c3ccccc3)=N4)n2)c(OC)c1. The van der Waals surface area contributed by atoms with Crippen LogP contribution in [0.2, 0.25) is 0 Å². The summed E-state index contributed by atoms with van der Waals surface area (Å²) in [5, 5.41) is 3.90. The van der Waals surface area contributed by atoms with E-state index in [9.17, 15) is 31.5 Å². The fourth-order valence-electron chi connectivity index (χ4n) is 6.09. The van der Waals surface area contributed by atoms with E-state index in [0.29, 0.717) is 17.1 Å². The third-order valence-corrected chi connectivity index (χ3v) is 9.66. The Labute approximate surface area is 303 Å². The van der Waals surface area contributed by atoms with Crippen molar-refractivity contribution in [2.24, 2.45) is 10.9 Å². The van der Waals surface area contributed by atoms with Crippen LogP contribution < -0.4 is 24.4 Å². The van der Waals surface area contributed by atoms with E-state index in [4.69, 9.17) is 23.9 Å². The van der Waals surface area contributed by atoms with Crippen LogP contribution >= 0.6 is 11.3 Å². The van der Waals surface area contributed by atoms with E-state index < -0.39 is 54.3 Å². The second kappa shape index (κ2) is 15.3. The molecular formula is C35H32F5N5O7S. The number of hydrogen-bond acceptors (Lipinski definition) is 11. The Kier molecular flexibility index (Phi) is 10.8. The summed E-state index contributed by atoms with van der Waals surface area (Å²) in [6.07, 6.45) is -7.04. The number of methoxy groups -OCH3 is 2. The fourth-order valence-corrected chi connectivity index (χ4v) is 7.09. The van der Waals surface area contributed by atoms with E-state index in [2.05, 4.69) is 20.0 Å². The number of rotatable bonds is 10. The Hall–Kier alpha value is -5.36. The highest BCUT2D eigenvalue weighted by molar-refractivity contribution is 7.10. The summed E-state index contributed by atoms with van der Waals surface area (Å²) in [5.41, 5.74) is -1.32. The van der Waals surface area contributed by atoms with E-state index in [0.717, 1.165) is 23.6 Å². The minimum Gasteiger partial charge on any atom is -0.497 e. The minimum absolute atomic E-state index is 0.00875. The van der Waals surface area contributed by atoms with Gasteiger partial charge in [-0.05, 0) is 49.7 Å². The molecule has 1 saturated heterocycles. The number of amides is 2. The highest BCUT2D eigenvalue weighted by Gasteiger charge is 2.62. The number of aromatic nitrogens is 2. The maximum absolute atomic E-state index is 14.8. The number of nitrogens with one attached hydrogen (secondary N) is 1. The molecule has 18 heteroatoms. The number of nitrogens with zero attached hydrogens (tertiary/aromatic N) is 4. The lowest BCUT2D eigenvalue weighted by Gasteiger charge is -2.48. The fraction of sp³-hybridized carbons (Fsp3) is 0.343. The summed E-state index contributed by atoms with van der Waals surface area (Å²) < 4.78 is 96.3. The zero-order valence-electron chi connectivity index (χ0n) is 28.3. The van der Waals surface area contributed by atoms with Crippen molar-refractivity contribution in [2.75, 3.05) is 25.7 Å². The van der Waals surface area contributed by atoms with Crippen molar-refractivity contribution in [2.45, 2.75) is 50.4 Å². The van der Waals surface area contributed by atoms with Gasteiger partial charge in [0.2, 0.25) is 6.10 Å². The van der Waals surface area contributed by atoms with Crippen molar-refractivity contribution >= 4 is 35.0 Å². The Morgan fingerprint density at radius 2 is 1.83 bits per heavy atom. The summed E-state index contributed by atoms with van der Waals surface area (Å²) >= 11 is 0.938. The molecule has 2 aliphatic rings. The summed E-state index contributed by atoms with van der Waals surface area (Å²) in [7, 11) is 2.89. The van der Waals surface area contributed by atoms with Gasteiger partial charge in [-0.15, -0.1) is 11.3 Å². The molecule has 1 fully saturated rings. The molecule has 12 nitrogen and oxygen atoms in total. The van der Waals surface area contributed by atoms with Crippen LogP contribution in [0.1, 0.15) is 44.8 Å². The summed E-state index contributed by atoms with van der Waals surface area (Å²) in [6.45, 7) is -2.00. The van der Waals surface area contributed by atoms with Crippen LogP contribution in [-0.4, -0.2) is 73.6 Å². The number of alkyl halides is 5. The van der Waals surface area contributed by atoms with Crippen molar-refractivity contribution in [3.05, 3.63) is 94.1 Å². The number of fused-ring (bicyclic) bond motifs is 1. The van der Waals surface area contributed by atoms with Crippen molar-refractivity contribution in [1.82, 2.24) is 15.3 Å². The molecular weight excluding hydrogens is 729 g/mol. The predicted molar refractivity (Wildman–Crippen MR) is 181 cm³/mol. The Morgan fingerprint density at radius 1 is 1.08 bits per heavy atom. The smallest absolute Gasteiger partial charge is 0.425 e. The number of thiazole rings is 1. The molecule has 1 N–H and O–H groups in total. The second-order valence-corrected chi connectivity index (χ2v) is 12.9. The van der Waals surface area contributed by atoms with E-state index in [1.54, 1.807) is 43.3 Å². The van der Waals surface area contributed by atoms with Crippen LogP contribution in [0, 0.1) is 5.92 Å². The average molecular weight is 762 g/mol. The zero-order chi connectivity index (χ0) is 37.9. The van der Waals surface area contributed by atoms with Gasteiger partial charge in [-0.25, -0.2) is 15.0 Å². The van der Waals surface area contributed by atoms with Crippen molar-refractivity contribution < 1.29 is 55.2 Å². The van der Waals surface area contributed by atoms with Crippen LogP contribution in [-0.2, 0) is 21.6 Å². The first-order valence-corrected chi connectivity index (χ1v) is 16.9. The van der Waals surface area contributed by atoms with Crippen LogP contribution in [0.25, 0.3) is 0 Å². The maximum Gasteiger partial charge on any atom is 0.425 e. The highest BCUT2D eigenvalue weighted by Crippen LogP contribution is 2.51. The monoisotopic (exact) mass is 761 g/mol. The number of aliphatic imine (C=N–C) groups is 1. The summed E-state index contributed by atoms with van der Waals surface area (Å²) in [5.74, 6) is -2.26. The van der Waals surface area contributed by atoms with E-state index >= 15 is 0 Å². The van der Waals surface area contributed by atoms with Gasteiger partial charge in [0.15, 0.2) is 0 Å². The van der Waals surface area contributed by atoms with Gasteiger partial charge >= 0.3 is 12.8 Å². The lowest BCUT2D eigenvalue weighted by molar-refractivity contribution is -0.241. The second-order valence-electron chi connectivity index (χ2n) is 12.0.